The molecule has 24 heavy (non-hydrogen) atoms. The van der Waals surface area contributed by atoms with Crippen molar-refractivity contribution in [3.63, 3.8) is 0 Å². The van der Waals surface area contributed by atoms with Gasteiger partial charge in [0.1, 0.15) is 5.75 Å². The van der Waals surface area contributed by atoms with Crippen molar-refractivity contribution >= 4 is 6.03 Å². The number of halogens is 2. The highest BCUT2D eigenvalue weighted by molar-refractivity contribution is 5.74. The molecule has 2 rings (SSSR count). The number of urea groups is 1. The van der Waals surface area contributed by atoms with E-state index < -0.39 is 6.43 Å². The minimum atomic E-state index is -2.34. The lowest BCUT2D eigenvalue weighted by molar-refractivity contribution is 0.0903. The summed E-state index contributed by atoms with van der Waals surface area (Å²) in [7, 11) is 1.56. The van der Waals surface area contributed by atoms with E-state index in [0.29, 0.717) is 38.3 Å². The summed E-state index contributed by atoms with van der Waals surface area (Å²) < 4.78 is 30.2. The lowest BCUT2D eigenvalue weighted by Crippen LogP contribution is -2.43. The van der Waals surface area contributed by atoms with E-state index in [4.69, 9.17) is 4.74 Å². The molecule has 0 radical (unpaired) electrons. The Kier molecular flexibility index (Phi) is 6.72. The van der Waals surface area contributed by atoms with Crippen molar-refractivity contribution in [3.8, 4) is 5.75 Å². The number of hydrogen-bond donors (Lipinski definition) is 1. The van der Waals surface area contributed by atoms with Crippen LogP contribution in [-0.2, 0) is 0 Å². The van der Waals surface area contributed by atoms with Gasteiger partial charge in [0.15, 0.2) is 0 Å². The third kappa shape index (κ3) is 5.02. The number of methoxy groups -OCH3 is 1. The van der Waals surface area contributed by atoms with E-state index in [9.17, 15) is 13.6 Å². The first-order chi connectivity index (χ1) is 11.5. The van der Waals surface area contributed by atoms with Gasteiger partial charge in [-0.25, -0.2) is 13.6 Å². The molecule has 1 aromatic rings. The van der Waals surface area contributed by atoms with E-state index in [1.165, 1.54) is 0 Å². The SMILES string of the molecule is COc1cnccc1C(C)NC(=O)N1CCCN(CC(F)F)CC1. The topological polar surface area (TPSA) is 57.7 Å². The van der Waals surface area contributed by atoms with Gasteiger partial charge in [0.2, 0.25) is 0 Å². The van der Waals surface area contributed by atoms with Gasteiger partial charge in [-0.15, -0.1) is 0 Å². The Morgan fingerprint density at radius 3 is 2.88 bits per heavy atom. The Labute approximate surface area is 140 Å². The molecule has 0 aliphatic carbocycles. The standard InChI is InChI=1S/C16H24F2N4O2/c1-12(13-4-5-19-10-14(13)24-2)20-16(23)22-7-3-6-21(8-9-22)11-15(17)18/h4-5,10,12,15H,3,6-9,11H2,1-2H3,(H,20,23). The van der Waals surface area contributed by atoms with Crippen LogP contribution in [0.1, 0.15) is 24.9 Å². The van der Waals surface area contributed by atoms with Crippen LogP contribution in [-0.4, -0.2) is 67.1 Å². The van der Waals surface area contributed by atoms with Gasteiger partial charge < -0.3 is 15.0 Å². The van der Waals surface area contributed by atoms with Crippen molar-refractivity contribution < 1.29 is 18.3 Å². The first kappa shape index (κ1) is 18.4. The molecule has 1 fully saturated rings. The summed E-state index contributed by atoms with van der Waals surface area (Å²) in [5, 5.41) is 2.94. The summed E-state index contributed by atoms with van der Waals surface area (Å²) in [4.78, 5) is 19.8. The van der Waals surface area contributed by atoms with Crippen LogP contribution in [0.15, 0.2) is 18.5 Å². The molecule has 134 valence electrons. The number of alkyl halides is 2. The average molecular weight is 342 g/mol. The molecule has 0 aromatic carbocycles. The molecule has 6 nitrogen and oxygen atoms in total. The van der Waals surface area contributed by atoms with Crippen molar-refractivity contribution in [2.75, 3.05) is 39.8 Å². The minimum Gasteiger partial charge on any atom is -0.495 e. The molecule has 0 bridgehead atoms. The van der Waals surface area contributed by atoms with Gasteiger partial charge in [-0.2, -0.15) is 0 Å². The number of rotatable bonds is 5. The van der Waals surface area contributed by atoms with E-state index in [1.54, 1.807) is 35.4 Å². The van der Waals surface area contributed by atoms with Crippen molar-refractivity contribution in [2.45, 2.75) is 25.8 Å². The summed E-state index contributed by atoms with van der Waals surface area (Å²) >= 11 is 0. The molecule has 0 saturated carbocycles. The van der Waals surface area contributed by atoms with Crippen LogP contribution in [0.2, 0.25) is 0 Å². The number of hydrogen-bond acceptors (Lipinski definition) is 4. The zero-order valence-electron chi connectivity index (χ0n) is 14.0. The predicted molar refractivity (Wildman–Crippen MR) is 86.4 cm³/mol. The quantitative estimate of drug-likeness (QED) is 0.891. The molecule has 1 aliphatic heterocycles. The molecule has 1 saturated heterocycles. The van der Waals surface area contributed by atoms with Crippen LogP contribution in [0.5, 0.6) is 5.75 Å². The van der Waals surface area contributed by atoms with Crippen LogP contribution in [0.25, 0.3) is 0 Å². The number of nitrogens with one attached hydrogen (secondary N) is 1. The van der Waals surface area contributed by atoms with Gasteiger partial charge in [-0.3, -0.25) is 9.88 Å². The molecular formula is C16H24F2N4O2. The largest absolute Gasteiger partial charge is 0.495 e. The molecule has 0 spiro atoms. The summed E-state index contributed by atoms with van der Waals surface area (Å²) in [6, 6.07) is 1.37. The number of nitrogens with zero attached hydrogens (tertiary/aromatic N) is 3. The summed E-state index contributed by atoms with van der Waals surface area (Å²) in [6.07, 6.45) is 1.60. The third-order valence-electron chi connectivity index (χ3n) is 4.11. The lowest BCUT2D eigenvalue weighted by Gasteiger charge is -2.25. The van der Waals surface area contributed by atoms with Gasteiger partial charge in [0.05, 0.1) is 25.9 Å². The molecule has 2 amide bonds. The Hall–Kier alpha value is -1.96. The highest BCUT2D eigenvalue weighted by Crippen LogP contribution is 2.23. The molecule has 8 heteroatoms. The molecular weight excluding hydrogens is 318 g/mol. The maximum absolute atomic E-state index is 12.5. The van der Waals surface area contributed by atoms with Crippen LogP contribution < -0.4 is 10.1 Å². The summed E-state index contributed by atoms with van der Waals surface area (Å²) in [5.74, 6) is 0.615. The highest BCUT2D eigenvalue weighted by Gasteiger charge is 2.22. The van der Waals surface area contributed by atoms with Gasteiger partial charge in [-0.1, -0.05) is 0 Å². The average Bonchev–Trinajstić information content (AvgIpc) is 2.79. The van der Waals surface area contributed by atoms with Gasteiger partial charge in [0, 0.05) is 37.9 Å². The van der Waals surface area contributed by atoms with Gasteiger partial charge in [-0.05, 0) is 19.4 Å². The Morgan fingerprint density at radius 2 is 2.17 bits per heavy atom. The number of amides is 2. The molecule has 1 aliphatic rings. The first-order valence-electron chi connectivity index (χ1n) is 8.05. The normalized spacial score (nSPS) is 17.5. The number of aromatic nitrogens is 1. The minimum absolute atomic E-state index is 0.194. The second kappa shape index (κ2) is 8.77. The van der Waals surface area contributed by atoms with Crippen molar-refractivity contribution in [1.29, 1.82) is 0 Å². The Bertz CT molecular complexity index is 545. The van der Waals surface area contributed by atoms with Crippen molar-refractivity contribution in [2.24, 2.45) is 0 Å². The summed E-state index contributed by atoms with van der Waals surface area (Å²) in [5.41, 5.74) is 0.843. The Morgan fingerprint density at radius 1 is 1.38 bits per heavy atom. The van der Waals surface area contributed by atoms with E-state index >= 15 is 0 Å². The fourth-order valence-electron chi connectivity index (χ4n) is 2.83. The molecule has 1 atom stereocenters. The van der Waals surface area contributed by atoms with Crippen molar-refractivity contribution in [1.82, 2.24) is 20.1 Å². The molecule has 2 heterocycles. The second-order valence-corrected chi connectivity index (χ2v) is 5.82. The fraction of sp³-hybridized carbons (Fsp3) is 0.625. The van der Waals surface area contributed by atoms with Gasteiger partial charge in [0.25, 0.3) is 6.43 Å². The number of ether oxygens (including phenoxy) is 1. The van der Waals surface area contributed by atoms with E-state index in [2.05, 4.69) is 10.3 Å². The fourth-order valence-corrected chi connectivity index (χ4v) is 2.83. The van der Waals surface area contributed by atoms with Crippen LogP contribution in [0, 0.1) is 0 Å². The summed E-state index contributed by atoms with van der Waals surface area (Å²) in [6.45, 7) is 3.69. The lowest BCUT2D eigenvalue weighted by atomic mass is 10.1. The monoisotopic (exact) mass is 342 g/mol. The third-order valence-corrected chi connectivity index (χ3v) is 4.11. The van der Waals surface area contributed by atoms with E-state index in [0.717, 1.165) is 5.56 Å². The second-order valence-electron chi connectivity index (χ2n) is 5.82. The zero-order chi connectivity index (χ0) is 17.5. The van der Waals surface area contributed by atoms with E-state index in [-0.39, 0.29) is 18.6 Å². The predicted octanol–water partition coefficient (Wildman–Crippen LogP) is 2.13. The first-order valence-corrected chi connectivity index (χ1v) is 8.05. The maximum atomic E-state index is 12.5. The molecule has 1 aromatic heterocycles. The number of pyridine rings is 1. The Balaban J connectivity index is 1.92. The van der Waals surface area contributed by atoms with Gasteiger partial charge >= 0.3 is 6.03 Å². The molecule has 1 unspecified atom stereocenters. The van der Waals surface area contributed by atoms with Crippen LogP contribution in [0.3, 0.4) is 0 Å². The van der Waals surface area contributed by atoms with Crippen molar-refractivity contribution in [3.05, 3.63) is 24.0 Å². The highest BCUT2D eigenvalue weighted by atomic mass is 19.3. The van der Waals surface area contributed by atoms with E-state index in [1.807, 2.05) is 6.92 Å². The number of carbonyl (C=O) groups excluding carboxylic acids is 1. The molecule has 1 N–H and O–H groups in total. The smallest absolute Gasteiger partial charge is 0.317 e. The zero-order valence-corrected chi connectivity index (χ0v) is 14.0. The van der Waals surface area contributed by atoms with Crippen LogP contribution >= 0.6 is 0 Å². The van der Waals surface area contributed by atoms with Crippen LogP contribution in [0.4, 0.5) is 13.6 Å². The number of carbonyl (C=O) groups is 1. The maximum Gasteiger partial charge on any atom is 0.317 e.